The van der Waals surface area contributed by atoms with Crippen LogP contribution in [0.5, 0.6) is 5.75 Å². The topological polar surface area (TPSA) is 114 Å². The van der Waals surface area contributed by atoms with Crippen LogP contribution in [0.3, 0.4) is 0 Å². The number of imidazole rings is 1. The molecule has 0 amide bonds. The van der Waals surface area contributed by atoms with Crippen LogP contribution in [0.2, 0.25) is 5.02 Å². The number of halogens is 1. The molecule has 9 nitrogen and oxygen atoms in total. The molecule has 2 aromatic heterocycles. The lowest BCUT2D eigenvalue weighted by molar-refractivity contribution is 0.0938. The number of fused-ring (bicyclic) bond motifs is 1. The van der Waals surface area contributed by atoms with Crippen LogP contribution in [0.25, 0.3) is 11.2 Å². The van der Waals surface area contributed by atoms with Crippen molar-refractivity contribution in [3.8, 4) is 5.75 Å². The van der Waals surface area contributed by atoms with Crippen molar-refractivity contribution in [2.24, 2.45) is 7.05 Å². The first-order valence-electron chi connectivity index (χ1n) is 8.40. The number of rotatable bonds is 7. The summed E-state index contributed by atoms with van der Waals surface area (Å²) in [5.41, 5.74) is -0.661. The van der Waals surface area contributed by atoms with E-state index in [2.05, 4.69) is 15.3 Å². The van der Waals surface area contributed by atoms with E-state index in [1.54, 1.807) is 28.8 Å². The molecule has 0 aliphatic carbocycles. The van der Waals surface area contributed by atoms with Crippen LogP contribution in [-0.4, -0.2) is 43.5 Å². The minimum atomic E-state index is -0.910. The number of nitrogens with zero attached hydrogens (tertiary/aromatic N) is 3. The first kappa shape index (κ1) is 19.0. The molecule has 27 heavy (non-hydrogen) atoms. The van der Waals surface area contributed by atoms with Crippen LogP contribution in [0.15, 0.2) is 33.9 Å². The summed E-state index contributed by atoms with van der Waals surface area (Å²) >= 11 is 5.83. The Morgan fingerprint density at radius 2 is 2.04 bits per heavy atom. The van der Waals surface area contributed by atoms with E-state index in [1.165, 1.54) is 11.6 Å². The average molecular weight is 394 g/mol. The number of benzene rings is 1. The summed E-state index contributed by atoms with van der Waals surface area (Å²) in [5.74, 6) is 0.964. The molecule has 144 valence electrons. The van der Waals surface area contributed by atoms with Crippen molar-refractivity contribution in [1.29, 1.82) is 0 Å². The molecule has 3 rings (SSSR count). The van der Waals surface area contributed by atoms with Crippen LogP contribution in [0, 0.1) is 0 Å². The van der Waals surface area contributed by atoms with Crippen molar-refractivity contribution in [3.63, 3.8) is 0 Å². The number of hydrogen-bond acceptors (Lipinski definition) is 6. The Hall–Kier alpha value is -2.78. The maximum atomic E-state index is 12.3. The van der Waals surface area contributed by atoms with E-state index in [1.807, 2.05) is 6.92 Å². The highest BCUT2D eigenvalue weighted by atomic mass is 35.5. The summed E-state index contributed by atoms with van der Waals surface area (Å²) in [5, 5.41) is 14.0. The van der Waals surface area contributed by atoms with E-state index in [-0.39, 0.29) is 24.3 Å². The summed E-state index contributed by atoms with van der Waals surface area (Å²) in [4.78, 5) is 30.7. The fraction of sp³-hybridized carbons (Fsp3) is 0.353. The molecule has 3 aromatic rings. The zero-order chi connectivity index (χ0) is 19.6. The molecule has 2 heterocycles. The van der Waals surface area contributed by atoms with Gasteiger partial charge < -0.3 is 19.7 Å². The fourth-order valence-corrected chi connectivity index (χ4v) is 2.82. The van der Waals surface area contributed by atoms with Crippen LogP contribution >= 0.6 is 11.6 Å². The van der Waals surface area contributed by atoms with Gasteiger partial charge in [0.2, 0.25) is 5.95 Å². The third-order valence-electron chi connectivity index (χ3n) is 3.99. The highest BCUT2D eigenvalue weighted by molar-refractivity contribution is 6.30. The van der Waals surface area contributed by atoms with E-state index < -0.39 is 17.4 Å². The third kappa shape index (κ3) is 3.99. The van der Waals surface area contributed by atoms with E-state index in [9.17, 15) is 14.7 Å². The number of aliphatic hydroxyl groups is 1. The van der Waals surface area contributed by atoms with Crippen LogP contribution < -0.4 is 21.3 Å². The third-order valence-corrected chi connectivity index (χ3v) is 4.24. The number of aliphatic hydroxyl groups excluding tert-OH is 1. The van der Waals surface area contributed by atoms with Gasteiger partial charge in [0.05, 0.1) is 6.54 Å². The van der Waals surface area contributed by atoms with Gasteiger partial charge in [0.25, 0.3) is 5.56 Å². The Morgan fingerprint density at radius 1 is 1.33 bits per heavy atom. The number of H-pyrrole nitrogens is 1. The largest absolute Gasteiger partial charge is 0.491 e. The molecule has 0 radical (unpaired) electrons. The lowest BCUT2D eigenvalue weighted by Crippen LogP contribution is -2.31. The highest BCUT2D eigenvalue weighted by Crippen LogP contribution is 2.18. The van der Waals surface area contributed by atoms with Gasteiger partial charge in [0.15, 0.2) is 11.2 Å². The number of aromatic amines is 1. The standard InChI is InChI=1S/C17H20ClN5O4/c1-3-19-16-20-14-13(15(25)21-17(26)22(14)2)23(16)8-11(24)9-27-12-6-4-10(18)5-7-12/h4-7,11,24H,3,8-9H2,1-2H3,(H,19,20)(H,21,25,26)/t11-/m0/s1. The zero-order valence-corrected chi connectivity index (χ0v) is 15.7. The number of ether oxygens (including phenoxy) is 1. The average Bonchev–Trinajstić information content (AvgIpc) is 2.98. The zero-order valence-electron chi connectivity index (χ0n) is 14.9. The molecule has 10 heteroatoms. The maximum absolute atomic E-state index is 12.3. The van der Waals surface area contributed by atoms with Crippen molar-refractivity contribution in [3.05, 3.63) is 50.1 Å². The normalized spacial score (nSPS) is 12.3. The summed E-state index contributed by atoms with van der Waals surface area (Å²) in [6, 6.07) is 6.78. The summed E-state index contributed by atoms with van der Waals surface area (Å²) < 4.78 is 8.36. The van der Waals surface area contributed by atoms with Crippen LogP contribution in [0.1, 0.15) is 6.92 Å². The Balaban J connectivity index is 1.87. The number of anilines is 1. The van der Waals surface area contributed by atoms with Gasteiger partial charge in [0, 0.05) is 18.6 Å². The Kier molecular flexibility index (Phi) is 5.52. The first-order valence-corrected chi connectivity index (χ1v) is 8.78. The van der Waals surface area contributed by atoms with Gasteiger partial charge in [0.1, 0.15) is 18.5 Å². The summed E-state index contributed by atoms with van der Waals surface area (Å²) in [6.45, 7) is 2.52. The number of aryl methyl sites for hydroxylation is 1. The first-order chi connectivity index (χ1) is 12.9. The van der Waals surface area contributed by atoms with Crippen molar-refractivity contribution in [2.75, 3.05) is 18.5 Å². The molecule has 0 aliphatic rings. The van der Waals surface area contributed by atoms with Crippen molar-refractivity contribution in [2.45, 2.75) is 19.6 Å². The second-order valence-electron chi connectivity index (χ2n) is 5.99. The van der Waals surface area contributed by atoms with E-state index >= 15 is 0 Å². The van der Waals surface area contributed by atoms with Crippen LogP contribution in [0.4, 0.5) is 5.95 Å². The molecule has 0 unspecified atom stereocenters. The van der Waals surface area contributed by atoms with Gasteiger partial charge >= 0.3 is 5.69 Å². The molecule has 1 atom stereocenters. The molecule has 0 fully saturated rings. The van der Waals surface area contributed by atoms with Gasteiger partial charge in [-0.3, -0.25) is 14.3 Å². The lowest BCUT2D eigenvalue weighted by Gasteiger charge is -2.15. The van der Waals surface area contributed by atoms with Gasteiger partial charge in [-0.15, -0.1) is 0 Å². The van der Waals surface area contributed by atoms with Crippen molar-refractivity contribution < 1.29 is 9.84 Å². The van der Waals surface area contributed by atoms with Crippen molar-refractivity contribution in [1.82, 2.24) is 19.1 Å². The van der Waals surface area contributed by atoms with Gasteiger partial charge in [-0.2, -0.15) is 4.98 Å². The van der Waals surface area contributed by atoms with E-state index in [0.29, 0.717) is 23.3 Å². The highest BCUT2D eigenvalue weighted by Gasteiger charge is 2.19. The maximum Gasteiger partial charge on any atom is 0.329 e. The molecule has 0 aliphatic heterocycles. The molecular weight excluding hydrogens is 374 g/mol. The SMILES string of the molecule is CCNc1nc2c(c(=O)[nH]c(=O)n2C)n1C[C@H](O)COc1ccc(Cl)cc1. The number of nitrogens with one attached hydrogen (secondary N) is 2. The Bertz CT molecular complexity index is 1050. The Labute approximate surface area is 159 Å². The molecule has 0 saturated heterocycles. The van der Waals surface area contributed by atoms with Crippen molar-refractivity contribution >= 4 is 28.7 Å². The van der Waals surface area contributed by atoms with Gasteiger partial charge in [-0.1, -0.05) is 11.6 Å². The number of hydrogen-bond donors (Lipinski definition) is 3. The fourth-order valence-electron chi connectivity index (χ4n) is 2.69. The molecule has 1 aromatic carbocycles. The monoisotopic (exact) mass is 393 g/mol. The molecule has 0 saturated carbocycles. The van der Waals surface area contributed by atoms with Gasteiger partial charge in [-0.05, 0) is 31.2 Å². The predicted molar refractivity (Wildman–Crippen MR) is 103 cm³/mol. The molecule has 0 spiro atoms. The second-order valence-corrected chi connectivity index (χ2v) is 6.42. The number of aromatic nitrogens is 4. The molecular formula is C17H20ClN5O4. The Morgan fingerprint density at radius 3 is 2.70 bits per heavy atom. The minimum Gasteiger partial charge on any atom is -0.491 e. The van der Waals surface area contributed by atoms with E-state index in [0.717, 1.165) is 0 Å². The lowest BCUT2D eigenvalue weighted by atomic mass is 10.3. The smallest absolute Gasteiger partial charge is 0.329 e. The van der Waals surface area contributed by atoms with Gasteiger partial charge in [-0.25, -0.2) is 4.79 Å². The quantitative estimate of drug-likeness (QED) is 0.550. The molecule has 0 bridgehead atoms. The van der Waals surface area contributed by atoms with E-state index in [4.69, 9.17) is 16.3 Å². The summed E-state index contributed by atoms with van der Waals surface area (Å²) in [7, 11) is 1.52. The molecule has 3 N–H and O–H groups in total. The minimum absolute atomic E-state index is 0.0105. The van der Waals surface area contributed by atoms with Crippen LogP contribution in [-0.2, 0) is 13.6 Å². The second kappa shape index (κ2) is 7.85. The predicted octanol–water partition coefficient (Wildman–Crippen LogP) is 0.948. The summed E-state index contributed by atoms with van der Waals surface area (Å²) in [6.07, 6.45) is -0.910.